The third kappa shape index (κ3) is 5.20. The molecule has 8 nitrogen and oxygen atoms in total. The minimum Gasteiger partial charge on any atom is -0.497 e. The van der Waals surface area contributed by atoms with Gasteiger partial charge in [0.1, 0.15) is 12.4 Å². The Morgan fingerprint density at radius 2 is 2.15 bits per heavy atom. The molecule has 0 bridgehead atoms. The molecule has 3 heterocycles. The molecule has 0 aromatic heterocycles. The van der Waals surface area contributed by atoms with Gasteiger partial charge in [0.05, 0.1) is 36.9 Å². The summed E-state index contributed by atoms with van der Waals surface area (Å²) in [6, 6.07) is 7.05. The zero-order chi connectivity index (χ0) is 24.1. The quantitative estimate of drug-likeness (QED) is 0.423. The lowest BCUT2D eigenvalue weighted by Gasteiger charge is -2.36. The number of amidine groups is 1. The van der Waals surface area contributed by atoms with Gasteiger partial charge >= 0.3 is 5.97 Å². The average molecular weight is 484 g/mol. The molecule has 9 heteroatoms. The first kappa shape index (κ1) is 24.1. The van der Waals surface area contributed by atoms with Crippen LogP contribution >= 0.6 is 11.8 Å². The topological polar surface area (TPSA) is 89.5 Å². The number of allylic oxidation sites excluding steroid dienone is 1. The lowest BCUT2D eigenvalue weighted by Crippen LogP contribution is -2.38. The van der Waals surface area contributed by atoms with Gasteiger partial charge in [-0.1, -0.05) is 36.5 Å². The van der Waals surface area contributed by atoms with Crippen molar-refractivity contribution in [2.45, 2.75) is 38.3 Å². The Bertz CT molecular complexity index is 1040. The fourth-order valence-electron chi connectivity index (χ4n) is 4.20. The number of methoxy groups -OCH3 is 1. The van der Waals surface area contributed by atoms with Gasteiger partial charge in [-0.05, 0) is 42.9 Å². The highest BCUT2D eigenvalue weighted by molar-refractivity contribution is 8.16. The summed E-state index contributed by atoms with van der Waals surface area (Å²) >= 11 is 1.44. The van der Waals surface area contributed by atoms with Crippen LogP contribution in [-0.2, 0) is 19.1 Å². The Morgan fingerprint density at radius 1 is 1.35 bits per heavy atom. The highest BCUT2D eigenvalue weighted by Gasteiger charge is 2.41. The van der Waals surface area contributed by atoms with Crippen molar-refractivity contribution in [1.82, 2.24) is 10.2 Å². The molecule has 1 saturated heterocycles. The van der Waals surface area contributed by atoms with Crippen molar-refractivity contribution >= 4 is 28.8 Å². The van der Waals surface area contributed by atoms with Crippen LogP contribution in [0.15, 0.2) is 64.3 Å². The smallest absolute Gasteiger partial charge is 0.338 e. The summed E-state index contributed by atoms with van der Waals surface area (Å²) in [5.41, 5.74) is 2.66. The van der Waals surface area contributed by atoms with E-state index in [1.165, 1.54) is 17.8 Å². The number of esters is 1. The minimum absolute atomic E-state index is 0.0758. The number of rotatable bonds is 9. The molecule has 180 valence electrons. The third-order valence-corrected chi connectivity index (χ3v) is 6.77. The van der Waals surface area contributed by atoms with Crippen molar-refractivity contribution in [3.05, 3.63) is 64.9 Å². The van der Waals surface area contributed by atoms with Gasteiger partial charge in [0, 0.05) is 18.8 Å². The SMILES string of the molecule is C=CCOC(=O)C1=C(C)N=C2SC=C(CC(=O)NCC3CCCO3)N2C1c1ccc(OC)cc1. The van der Waals surface area contributed by atoms with E-state index in [2.05, 4.69) is 16.9 Å². The van der Waals surface area contributed by atoms with E-state index < -0.39 is 12.0 Å². The van der Waals surface area contributed by atoms with Gasteiger partial charge in [0.2, 0.25) is 5.91 Å². The van der Waals surface area contributed by atoms with E-state index in [-0.39, 0.29) is 25.0 Å². The molecular formula is C25H29N3O5S. The standard InChI is InChI=1S/C25H29N3O5S/c1-4-11-33-24(30)22-16(2)27-25-28(23(22)17-7-9-19(31-3)10-8-17)18(15-34-25)13-21(29)26-14-20-6-5-12-32-20/h4,7-10,15,20,23H,1,5-6,11-14H2,2-3H3,(H,26,29). The Morgan fingerprint density at radius 3 is 2.82 bits per heavy atom. The summed E-state index contributed by atoms with van der Waals surface area (Å²) in [6.07, 6.45) is 3.76. The zero-order valence-electron chi connectivity index (χ0n) is 19.4. The fourth-order valence-corrected chi connectivity index (χ4v) is 5.17. The number of carbonyl (C=O) groups excluding carboxylic acids is 2. The number of fused-ring (bicyclic) bond motifs is 1. The Labute approximate surface area is 203 Å². The van der Waals surface area contributed by atoms with Crippen molar-refractivity contribution in [2.24, 2.45) is 4.99 Å². The number of hydrogen-bond acceptors (Lipinski definition) is 8. The first-order valence-corrected chi connectivity index (χ1v) is 12.1. The van der Waals surface area contributed by atoms with Crippen LogP contribution in [-0.4, -0.2) is 54.9 Å². The number of nitrogens with zero attached hydrogens (tertiary/aromatic N) is 2. The molecule has 2 atom stereocenters. The van der Waals surface area contributed by atoms with Crippen LogP contribution < -0.4 is 10.1 Å². The second-order valence-electron chi connectivity index (χ2n) is 8.17. The first-order chi connectivity index (χ1) is 16.5. The molecule has 0 aliphatic carbocycles. The van der Waals surface area contributed by atoms with E-state index in [9.17, 15) is 9.59 Å². The van der Waals surface area contributed by atoms with Crippen LogP contribution in [0.25, 0.3) is 0 Å². The highest BCUT2D eigenvalue weighted by Crippen LogP contribution is 2.45. The summed E-state index contributed by atoms with van der Waals surface area (Å²) in [5.74, 6) is 0.157. The van der Waals surface area contributed by atoms with Crippen molar-refractivity contribution in [3.8, 4) is 5.75 Å². The predicted octanol–water partition coefficient (Wildman–Crippen LogP) is 3.68. The number of nitrogens with one attached hydrogen (secondary N) is 1. The van der Waals surface area contributed by atoms with Crippen molar-refractivity contribution in [3.63, 3.8) is 0 Å². The summed E-state index contributed by atoms with van der Waals surface area (Å²) in [7, 11) is 1.61. The molecular weight excluding hydrogens is 454 g/mol. The van der Waals surface area contributed by atoms with E-state index in [1.807, 2.05) is 34.6 Å². The lowest BCUT2D eigenvalue weighted by molar-refractivity contribution is -0.138. The van der Waals surface area contributed by atoms with Gasteiger partial charge < -0.3 is 24.4 Å². The Kier molecular flexibility index (Phi) is 7.74. The van der Waals surface area contributed by atoms with Gasteiger partial charge in [-0.25, -0.2) is 9.79 Å². The monoisotopic (exact) mass is 483 g/mol. The third-order valence-electron chi connectivity index (χ3n) is 5.88. The molecule has 34 heavy (non-hydrogen) atoms. The van der Waals surface area contributed by atoms with Gasteiger partial charge in [-0.15, -0.1) is 0 Å². The Hall–Kier alpha value is -3.04. The van der Waals surface area contributed by atoms with Crippen molar-refractivity contribution in [2.75, 3.05) is 26.9 Å². The maximum Gasteiger partial charge on any atom is 0.338 e. The van der Waals surface area contributed by atoms with Gasteiger partial charge in [0.15, 0.2) is 5.17 Å². The van der Waals surface area contributed by atoms with E-state index in [4.69, 9.17) is 14.2 Å². The van der Waals surface area contributed by atoms with E-state index >= 15 is 0 Å². The fraction of sp³-hybridized carbons (Fsp3) is 0.400. The molecule has 1 aromatic rings. The van der Waals surface area contributed by atoms with Gasteiger partial charge in [-0.3, -0.25) is 4.79 Å². The second-order valence-corrected chi connectivity index (χ2v) is 9.01. The second kappa shape index (κ2) is 10.9. The number of ether oxygens (including phenoxy) is 3. The van der Waals surface area contributed by atoms with Crippen LogP contribution in [0.5, 0.6) is 5.75 Å². The highest BCUT2D eigenvalue weighted by atomic mass is 32.2. The van der Waals surface area contributed by atoms with E-state index in [1.54, 1.807) is 14.0 Å². The lowest BCUT2D eigenvalue weighted by atomic mass is 9.93. The molecule has 3 aliphatic rings. The largest absolute Gasteiger partial charge is 0.497 e. The summed E-state index contributed by atoms with van der Waals surface area (Å²) in [6.45, 7) is 6.78. The van der Waals surface area contributed by atoms with Gasteiger partial charge in [0.25, 0.3) is 0 Å². The summed E-state index contributed by atoms with van der Waals surface area (Å²) < 4.78 is 16.3. The maximum absolute atomic E-state index is 13.1. The number of amides is 1. The van der Waals surface area contributed by atoms with E-state index in [0.717, 1.165) is 35.9 Å². The number of carbonyl (C=O) groups is 2. The van der Waals surface area contributed by atoms with Crippen molar-refractivity contribution < 1.29 is 23.8 Å². The molecule has 1 N–H and O–H groups in total. The normalized spacial score (nSPS) is 21.5. The number of thioether (sulfide) groups is 1. The predicted molar refractivity (Wildman–Crippen MR) is 131 cm³/mol. The molecule has 2 unspecified atom stereocenters. The molecule has 4 rings (SSSR count). The van der Waals surface area contributed by atoms with Crippen LogP contribution in [0.2, 0.25) is 0 Å². The molecule has 3 aliphatic heterocycles. The van der Waals surface area contributed by atoms with Crippen LogP contribution in [0.1, 0.15) is 37.8 Å². The summed E-state index contributed by atoms with van der Waals surface area (Å²) in [5, 5.41) is 5.62. The van der Waals surface area contributed by atoms with Crippen molar-refractivity contribution in [1.29, 1.82) is 0 Å². The molecule has 1 aromatic carbocycles. The number of benzene rings is 1. The Balaban J connectivity index is 1.60. The summed E-state index contributed by atoms with van der Waals surface area (Å²) in [4.78, 5) is 32.5. The number of aliphatic imine (C=N–C) groups is 1. The van der Waals surface area contributed by atoms with E-state index in [0.29, 0.717) is 23.6 Å². The minimum atomic E-state index is -0.483. The van der Waals surface area contributed by atoms with Crippen LogP contribution in [0, 0.1) is 0 Å². The molecule has 0 saturated carbocycles. The van der Waals surface area contributed by atoms with Crippen LogP contribution in [0.3, 0.4) is 0 Å². The molecule has 0 spiro atoms. The van der Waals surface area contributed by atoms with Crippen LogP contribution in [0.4, 0.5) is 0 Å². The first-order valence-electron chi connectivity index (χ1n) is 11.3. The zero-order valence-corrected chi connectivity index (χ0v) is 20.2. The van der Waals surface area contributed by atoms with Gasteiger partial charge in [-0.2, -0.15) is 0 Å². The maximum atomic E-state index is 13.1. The molecule has 0 radical (unpaired) electrons. The number of hydrogen-bond donors (Lipinski definition) is 1. The molecule has 1 fully saturated rings. The average Bonchev–Trinajstić information content (AvgIpc) is 3.50. The molecule has 1 amide bonds.